The van der Waals surface area contributed by atoms with E-state index in [4.69, 9.17) is 17.3 Å². The molecule has 0 saturated carbocycles. The van der Waals surface area contributed by atoms with Gasteiger partial charge in [-0.05, 0) is 55.3 Å². The summed E-state index contributed by atoms with van der Waals surface area (Å²) in [6.07, 6.45) is -3.16. The molecule has 3 N–H and O–H groups in total. The van der Waals surface area contributed by atoms with E-state index in [1.165, 1.54) is 12.1 Å². The zero-order valence-corrected chi connectivity index (χ0v) is 20.2. The second kappa shape index (κ2) is 11.5. The van der Waals surface area contributed by atoms with Crippen LogP contribution in [0, 0.1) is 0 Å². The lowest BCUT2D eigenvalue weighted by atomic mass is 10.0. The maximum absolute atomic E-state index is 13.1. The Morgan fingerprint density at radius 2 is 2.03 bits per heavy atom. The minimum Gasteiger partial charge on any atom is -0.405 e. The normalized spacial score (nSPS) is 17.9. The Morgan fingerprint density at radius 3 is 2.71 bits per heavy atom. The van der Waals surface area contributed by atoms with Crippen molar-refractivity contribution in [1.29, 1.82) is 0 Å². The van der Waals surface area contributed by atoms with Crippen molar-refractivity contribution in [3.8, 4) is 5.75 Å². The number of amides is 1. The average Bonchev–Trinajstić information content (AvgIpc) is 2.77. The maximum Gasteiger partial charge on any atom is 0.573 e. The van der Waals surface area contributed by atoms with Gasteiger partial charge in [0.15, 0.2) is 0 Å². The molecule has 1 saturated heterocycles. The highest BCUT2D eigenvalue weighted by atomic mass is 35.5. The topological polar surface area (TPSA) is 84.7 Å². The van der Waals surface area contributed by atoms with Crippen molar-refractivity contribution in [2.24, 2.45) is 5.73 Å². The van der Waals surface area contributed by atoms with Gasteiger partial charge in [-0.25, -0.2) is 0 Å². The number of nitrogens with zero attached hydrogens (tertiary/aromatic N) is 1. The summed E-state index contributed by atoms with van der Waals surface area (Å²) in [6.45, 7) is 3.32. The average molecular weight is 518 g/mol. The second-order valence-electron chi connectivity index (χ2n) is 8.08. The number of nitrogens with one attached hydrogen (secondary N) is 1. The summed E-state index contributed by atoms with van der Waals surface area (Å²) in [5, 5.41) is 3.08. The number of piperidine rings is 1. The Morgan fingerprint density at radius 1 is 1.26 bits per heavy atom. The third kappa shape index (κ3) is 7.43. The smallest absolute Gasteiger partial charge is 0.405 e. The Hall–Kier alpha value is -2.14. The fourth-order valence-corrected chi connectivity index (χ4v) is 5.01. The summed E-state index contributed by atoms with van der Waals surface area (Å²) in [5.41, 5.74) is 6.88. The van der Waals surface area contributed by atoms with Crippen molar-refractivity contribution in [2.45, 2.75) is 50.2 Å². The molecule has 1 aliphatic rings. The highest BCUT2D eigenvalue weighted by molar-refractivity contribution is 7.85. The van der Waals surface area contributed by atoms with Crippen molar-refractivity contribution >= 4 is 28.3 Å². The molecule has 0 aromatic heterocycles. The number of ether oxygens (including phenoxy) is 1. The van der Waals surface area contributed by atoms with Crippen molar-refractivity contribution in [3.05, 3.63) is 58.1 Å². The molecule has 0 radical (unpaired) electrons. The van der Waals surface area contributed by atoms with Crippen LogP contribution >= 0.6 is 11.6 Å². The minimum atomic E-state index is -4.90. The van der Waals surface area contributed by atoms with E-state index >= 15 is 0 Å². The molecule has 1 aliphatic heterocycles. The molecule has 11 heteroatoms. The molecule has 2 aromatic carbocycles. The zero-order valence-electron chi connectivity index (χ0n) is 18.7. The number of alkyl halides is 3. The number of rotatable bonds is 8. The molecular formula is C23H27ClF3N3O3S. The van der Waals surface area contributed by atoms with Crippen molar-refractivity contribution in [3.63, 3.8) is 0 Å². The number of hydrogen-bond donors (Lipinski definition) is 2. The van der Waals surface area contributed by atoms with Crippen molar-refractivity contribution < 1.29 is 26.9 Å². The van der Waals surface area contributed by atoms with Gasteiger partial charge in [-0.1, -0.05) is 24.6 Å². The Bertz CT molecular complexity index is 1050. The molecular weight excluding hydrogens is 491 g/mol. The fraction of sp³-hybridized carbons (Fsp3) is 0.435. The lowest BCUT2D eigenvalue weighted by molar-refractivity contribution is -0.275. The van der Waals surface area contributed by atoms with Gasteiger partial charge in [0.05, 0.1) is 10.8 Å². The molecule has 2 aromatic rings. The lowest BCUT2D eigenvalue weighted by Gasteiger charge is -2.31. The van der Waals surface area contributed by atoms with E-state index in [9.17, 15) is 22.2 Å². The SMILES string of the molecule is CCS(=O)c1ccc(Cl)cc1CNC(=O)c1ccc(CN2CCC[C@@H](N)C2)c(OC(F)(F)F)c1. The molecule has 1 heterocycles. The van der Waals surface area contributed by atoms with Gasteiger partial charge in [0.2, 0.25) is 0 Å². The maximum atomic E-state index is 13.1. The summed E-state index contributed by atoms with van der Waals surface area (Å²) < 4.78 is 55.7. The molecule has 0 spiro atoms. The van der Waals surface area contributed by atoms with E-state index in [1.807, 2.05) is 4.90 Å². The van der Waals surface area contributed by atoms with Crippen LogP contribution in [0.1, 0.15) is 41.3 Å². The third-order valence-corrected chi connectivity index (χ3v) is 7.11. The molecule has 0 bridgehead atoms. The molecule has 1 fully saturated rings. The van der Waals surface area contributed by atoms with Gasteiger partial charge in [-0.15, -0.1) is 13.2 Å². The van der Waals surface area contributed by atoms with Crippen LogP contribution in [0.3, 0.4) is 0 Å². The van der Waals surface area contributed by atoms with Gasteiger partial charge < -0.3 is 15.8 Å². The van der Waals surface area contributed by atoms with Crippen molar-refractivity contribution in [2.75, 3.05) is 18.8 Å². The number of nitrogens with two attached hydrogens (primary N) is 1. The zero-order chi connectivity index (χ0) is 24.9. The van der Waals surface area contributed by atoms with E-state index in [2.05, 4.69) is 10.1 Å². The van der Waals surface area contributed by atoms with Gasteiger partial charge in [-0.3, -0.25) is 13.9 Å². The first kappa shape index (κ1) is 26.5. The first-order chi connectivity index (χ1) is 16.1. The highest BCUT2D eigenvalue weighted by Gasteiger charge is 2.33. The standard InChI is InChI=1S/C23H27ClF3N3O3S/c1-2-34(32)21-8-7-18(24)10-17(21)12-29-22(31)15-5-6-16(20(11-15)33-23(25,26)27)13-30-9-3-4-19(28)14-30/h5-8,10-11,19H,2-4,9,12-14,28H2,1H3,(H,29,31)/t19-,34?/m1/s1. The van der Waals surface area contributed by atoms with Crippen LogP contribution in [0.15, 0.2) is 41.3 Å². The minimum absolute atomic E-state index is 0.0125. The predicted molar refractivity (Wildman–Crippen MR) is 125 cm³/mol. The van der Waals surface area contributed by atoms with E-state index in [1.54, 1.807) is 25.1 Å². The van der Waals surface area contributed by atoms with Crippen LogP contribution in [0.4, 0.5) is 13.2 Å². The highest BCUT2D eigenvalue weighted by Crippen LogP contribution is 2.29. The molecule has 0 aliphatic carbocycles. The number of hydrogen-bond acceptors (Lipinski definition) is 5. The number of carbonyl (C=O) groups excluding carboxylic acids is 1. The van der Waals surface area contributed by atoms with Crippen LogP contribution in [0.5, 0.6) is 5.75 Å². The Balaban J connectivity index is 1.78. The van der Waals surface area contributed by atoms with Crippen LogP contribution in [-0.2, 0) is 23.9 Å². The number of carbonyl (C=O) groups is 1. The lowest BCUT2D eigenvalue weighted by Crippen LogP contribution is -2.42. The van der Waals surface area contributed by atoms with E-state index in [0.717, 1.165) is 25.5 Å². The molecule has 2 atom stereocenters. The quantitative estimate of drug-likeness (QED) is 0.548. The van der Waals surface area contributed by atoms with E-state index in [-0.39, 0.29) is 24.7 Å². The second-order valence-corrected chi connectivity index (χ2v) is 10.2. The third-order valence-electron chi connectivity index (χ3n) is 5.46. The van der Waals surface area contributed by atoms with Crippen molar-refractivity contribution in [1.82, 2.24) is 10.2 Å². The summed E-state index contributed by atoms with van der Waals surface area (Å²) in [6, 6.07) is 8.85. The van der Waals surface area contributed by atoms with Crippen LogP contribution < -0.4 is 15.8 Å². The monoisotopic (exact) mass is 517 g/mol. The number of halogens is 4. The molecule has 1 amide bonds. The first-order valence-electron chi connectivity index (χ1n) is 10.9. The largest absolute Gasteiger partial charge is 0.573 e. The Labute approximate surface area is 204 Å². The van der Waals surface area contributed by atoms with Gasteiger partial charge >= 0.3 is 6.36 Å². The van der Waals surface area contributed by atoms with Gasteiger partial charge in [0.25, 0.3) is 5.91 Å². The van der Waals surface area contributed by atoms with E-state index in [0.29, 0.717) is 33.3 Å². The molecule has 186 valence electrons. The summed E-state index contributed by atoms with van der Waals surface area (Å²) in [7, 11) is -1.26. The van der Waals surface area contributed by atoms with Gasteiger partial charge in [0, 0.05) is 52.5 Å². The van der Waals surface area contributed by atoms with Gasteiger partial charge in [0.1, 0.15) is 5.75 Å². The van der Waals surface area contributed by atoms with Gasteiger partial charge in [-0.2, -0.15) is 0 Å². The summed E-state index contributed by atoms with van der Waals surface area (Å²) in [4.78, 5) is 15.3. The Kier molecular flexibility index (Phi) is 8.97. The molecule has 1 unspecified atom stereocenters. The van der Waals surface area contributed by atoms with Crippen LogP contribution in [0.25, 0.3) is 0 Å². The van der Waals surface area contributed by atoms with E-state index < -0.39 is 28.8 Å². The first-order valence-corrected chi connectivity index (χ1v) is 12.6. The van der Waals surface area contributed by atoms with Crippen LogP contribution in [0.2, 0.25) is 5.02 Å². The molecule has 3 rings (SSSR count). The van der Waals surface area contributed by atoms with Crippen LogP contribution in [-0.4, -0.2) is 46.3 Å². The fourth-order valence-electron chi connectivity index (χ4n) is 3.86. The molecule has 34 heavy (non-hydrogen) atoms. The molecule has 6 nitrogen and oxygen atoms in total. The summed E-state index contributed by atoms with van der Waals surface area (Å²) >= 11 is 6.04. The predicted octanol–water partition coefficient (Wildman–Crippen LogP) is 4.22. The number of benzene rings is 2. The number of likely N-dealkylation sites (tertiary alicyclic amines) is 1. The summed E-state index contributed by atoms with van der Waals surface area (Å²) in [5.74, 6) is -0.619.